The van der Waals surface area contributed by atoms with Crippen LogP contribution in [0.4, 0.5) is 5.69 Å². The third kappa shape index (κ3) is 3.89. The molecule has 0 radical (unpaired) electrons. The Morgan fingerprint density at radius 1 is 1.07 bits per heavy atom. The highest BCUT2D eigenvalue weighted by molar-refractivity contribution is 6.08. The highest BCUT2D eigenvalue weighted by Crippen LogP contribution is 2.29. The SMILES string of the molecule is COc1ccc(CN2CC(=O)Nc3ccc(C(C)C)cc3C2=O)c(OC)c1. The van der Waals surface area contributed by atoms with E-state index >= 15 is 0 Å². The average molecular weight is 368 g/mol. The maximum atomic E-state index is 13.2. The van der Waals surface area contributed by atoms with Crippen LogP contribution in [0.2, 0.25) is 0 Å². The van der Waals surface area contributed by atoms with E-state index in [0.717, 1.165) is 11.1 Å². The number of carbonyl (C=O) groups excluding carboxylic acids is 2. The normalized spacial score (nSPS) is 13.9. The van der Waals surface area contributed by atoms with Crippen molar-refractivity contribution in [2.24, 2.45) is 0 Å². The number of fused-ring (bicyclic) bond motifs is 1. The van der Waals surface area contributed by atoms with Crippen molar-refractivity contribution in [3.63, 3.8) is 0 Å². The van der Waals surface area contributed by atoms with Gasteiger partial charge in [-0.1, -0.05) is 19.9 Å². The molecule has 27 heavy (non-hydrogen) atoms. The minimum absolute atomic E-state index is 0.0142. The van der Waals surface area contributed by atoms with E-state index in [0.29, 0.717) is 22.7 Å². The van der Waals surface area contributed by atoms with E-state index in [-0.39, 0.29) is 30.8 Å². The number of carbonyl (C=O) groups is 2. The summed E-state index contributed by atoms with van der Waals surface area (Å²) in [5.41, 5.74) is 2.93. The summed E-state index contributed by atoms with van der Waals surface area (Å²) < 4.78 is 10.6. The molecular formula is C21H24N2O4. The first-order valence-electron chi connectivity index (χ1n) is 8.87. The van der Waals surface area contributed by atoms with Gasteiger partial charge in [-0.15, -0.1) is 0 Å². The third-order valence-electron chi connectivity index (χ3n) is 4.69. The van der Waals surface area contributed by atoms with Crippen molar-refractivity contribution >= 4 is 17.5 Å². The molecule has 6 nitrogen and oxygen atoms in total. The Labute approximate surface area is 159 Å². The largest absolute Gasteiger partial charge is 0.497 e. The molecule has 0 atom stereocenters. The Bertz CT molecular complexity index is 876. The van der Waals surface area contributed by atoms with E-state index < -0.39 is 0 Å². The lowest BCUT2D eigenvalue weighted by molar-refractivity contribution is -0.116. The van der Waals surface area contributed by atoms with Crippen LogP contribution >= 0.6 is 0 Å². The van der Waals surface area contributed by atoms with Gasteiger partial charge in [-0.05, 0) is 35.7 Å². The second-order valence-electron chi connectivity index (χ2n) is 6.85. The van der Waals surface area contributed by atoms with Crippen molar-refractivity contribution < 1.29 is 19.1 Å². The number of anilines is 1. The number of benzene rings is 2. The molecule has 0 unspecified atom stereocenters. The molecule has 1 aliphatic rings. The molecule has 142 valence electrons. The predicted octanol–water partition coefficient (Wildman–Crippen LogP) is 3.42. The number of hydrogen-bond acceptors (Lipinski definition) is 4. The van der Waals surface area contributed by atoms with Crippen LogP contribution in [0.25, 0.3) is 0 Å². The maximum Gasteiger partial charge on any atom is 0.256 e. The summed E-state index contributed by atoms with van der Waals surface area (Å²) in [6.07, 6.45) is 0. The zero-order valence-corrected chi connectivity index (χ0v) is 16.0. The van der Waals surface area contributed by atoms with Crippen LogP contribution in [0.5, 0.6) is 11.5 Å². The number of methoxy groups -OCH3 is 2. The zero-order chi connectivity index (χ0) is 19.6. The first-order chi connectivity index (χ1) is 12.9. The van der Waals surface area contributed by atoms with Crippen molar-refractivity contribution in [1.82, 2.24) is 4.90 Å². The number of hydrogen-bond donors (Lipinski definition) is 1. The molecule has 2 amide bonds. The van der Waals surface area contributed by atoms with Gasteiger partial charge in [0.2, 0.25) is 5.91 Å². The number of amides is 2. The summed E-state index contributed by atoms with van der Waals surface area (Å²) in [4.78, 5) is 27.0. The minimum atomic E-state index is -0.216. The lowest BCUT2D eigenvalue weighted by Gasteiger charge is -2.21. The number of nitrogens with one attached hydrogen (secondary N) is 1. The number of nitrogens with zero attached hydrogens (tertiary/aromatic N) is 1. The van der Waals surface area contributed by atoms with E-state index in [1.165, 1.54) is 4.90 Å². The van der Waals surface area contributed by atoms with Crippen LogP contribution in [0, 0.1) is 0 Å². The van der Waals surface area contributed by atoms with E-state index in [1.807, 2.05) is 24.3 Å². The molecule has 0 saturated heterocycles. The molecule has 0 aromatic heterocycles. The summed E-state index contributed by atoms with van der Waals surface area (Å²) in [6, 6.07) is 11.0. The lowest BCUT2D eigenvalue weighted by atomic mass is 9.99. The summed E-state index contributed by atoms with van der Waals surface area (Å²) >= 11 is 0. The van der Waals surface area contributed by atoms with Crippen LogP contribution < -0.4 is 14.8 Å². The van der Waals surface area contributed by atoms with Crippen LogP contribution in [0.3, 0.4) is 0 Å². The molecule has 1 N–H and O–H groups in total. The minimum Gasteiger partial charge on any atom is -0.497 e. The topological polar surface area (TPSA) is 67.9 Å². The summed E-state index contributed by atoms with van der Waals surface area (Å²) in [7, 11) is 3.15. The van der Waals surface area contributed by atoms with Gasteiger partial charge in [0.05, 0.1) is 32.0 Å². The van der Waals surface area contributed by atoms with Gasteiger partial charge < -0.3 is 19.7 Å². The molecule has 1 aliphatic heterocycles. The molecule has 2 aromatic carbocycles. The van der Waals surface area contributed by atoms with E-state index in [2.05, 4.69) is 19.2 Å². The molecular weight excluding hydrogens is 344 g/mol. The van der Waals surface area contributed by atoms with Crippen LogP contribution in [0.1, 0.15) is 41.3 Å². The van der Waals surface area contributed by atoms with E-state index in [1.54, 1.807) is 26.4 Å². The fourth-order valence-corrected chi connectivity index (χ4v) is 3.13. The van der Waals surface area contributed by atoms with Crippen molar-refractivity contribution in [2.75, 3.05) is 26.1 Å². The fraction of sp³-hybridized carbons (Fsp3) is 0.333. The molecule has 0 saturated carbocycles. The molecule has 0 bridgehead atoms. The quantitative estimate of drug-likeness (QED) is 0.878. The summed E-state index contributed by atoms with van der Waals surface area (Å²) in [5.74, 6) is 1.18. The Morgan fingerprint density at radius 2 is 1.85 bits per heavy atom. The Morgan fingerprint density at radius 3 is 2.52 bits per heavy atom. The average Bonchev–Trinajstić information content (AvgIpc) is 2.78. The Hall–Kier alpha value is -3.02. The molecule has 2 aromatic rings. The van der Waals surface area contributed by atoms with Crippen molar-refractivity contribution in [1.29, 1.82) is 0 Å². The van der Waals surface area contributed by atoms with Gasteiger partial charge in [-0.2, -0.15) is 0 Å². The van der Waals surface area contributed by atoms with Gasteiger partial charge in [-0.25, -0.2) is 0 Å². The standard InChI is InChI=1S/C21H24N2O4/c1-13(2)14-6-8-18-17(9-14)21(25)23(12-20(24)22-18)11-15-5-7-16(26-3)10-19(15)27-4/h5-10,13H,11-12H2,1-4H3,(H,22,24). The number of rotatable bonds is 5. The van der Waals surface area contributed by atoms with Gasteiger partial charge in [0, 0.05) is 11.6 Å². The highest BCUT2D eigenvalue weighted by Gasteiger charge is 2.27. The van der Waals surface area contributed by atoms with E-state index in [4.69, 9.17) is 9.47 Å². The first kappa shape index (κ1) is 18.8. The first-order valence-corrected chi connectivity index (χ1v) is 8.87. The van der Waals surface area contributed by atoms with Crippen LogP contribution in [-0.4, -0.2) is 37.5 Å². The molecule has 3 rings (SSSR count). The smallest absolute Gasteiger partial charge is 0.256 e. The molecule has 0 spiro atoms. The summed E-state index contributed by atoms with van der Waals surface area (Å²) in [6.45, 7) is 4.40. The van der Waals surface area contributed by atoms with Gasteiger partial charge in [0.1, 0.15) is 18.0 Å². The Balaban J connectivity index is 1.96. The van der Waals surface area contributed by atoms with Crippen molar-refractivity contribution in [3.05, 3.63) is 53.1 Å². The molecule has 1 heterocycles. The van der Waals surface area contributed by atoms with Gasteiger partial charge >= 0.3 is 0 Å². The van der Waals surface area contributed by atoms with Gasteiger partial charge in [0.15, 0.2) is 0 Å². The number of ether oxygens (including phenoxy) is 2. The maximum absolute atomic E-state index is 13.2. The lowest BCUT2D eigenvalue weighted by Crippen LogP contribution is -2.34. The van der Waals surface area contributed by atoms with Crippen molar-refractivity contribution in [3.8, 4) is 11.5 Å². The monoisotopic (exact) mass is 368 g/mol. The van der Waals surface area contributed by atoms with E-state index in [9.17, 15) is 9.59 Å². The van der Waals surface area contributed by atoms with Crippen LogP contribution in [0.15, 0.2) is 36.4 Å². The predicted molar refractivity (Wildman–Crippen MR) is 103 cm³/mol. The molecule has 6 heteroatoms. The molecule has 0 aliphatic carbocycles. The summed E-state index contributed by atoms with van der Waals surface area (Å²) in [5, 5.41) is 2.83. The van der Waals surface area contributed by atoms with Gasteiger partial charge in [0.25, 0.3) is 5.91 Å². The third-order valence-corrected chi connectivity index (χ3v) is 4.69. The van der Waals surface area contributed by atoms with Gasteiger partial charge in [-0.3, -0.25) is 9.59 Å². The Kier molecular flexibility index (Phi) is 5.35. The van der Waals surface area contributed by atoms with Crippen LogP contribution in [-0.2, 0) is 11.3 Å². The molecule has 0 fully saturated rings. The highest BCUT2D eigenvalue weighted by atomic mass is 16.5. The second-order valence-corrected chi connectivity index (χ2v) is 6.85. The second kappa shape index (κ2) is 7.70. The zero-order valence-electron chi connectivity index (χ0n) is 16.0. The van der Waals surface area contributed by atoms with Crippen molar-refractivity contribution in [2.45, 2.75) is 26.3 Å². The fourth-order valence-electron chi connectivity index (χ4n) is 3.13.